The Labute approximate surface area is 68.1 Å². The standard InChI is InChI=1S/C8H17N3/c1-6(7(9)10)11-4-8(2,3)5-11/h6H,4-5H2,1-3H3,(H3,9,10). The molecular weight excluding hydrogens is 138 g/mol. The predicted octanol–water partition coefficient (Wildman–Crippen LogP) is 0.653. The zero-order valence-corrected chi connectivity index (χ0v) is 7.52. The van der Waals surface area contributed by atoms with Gasteiger partial charge in [0, 0.05) is 13.1 Å². The number of rotatable bonds is 2. The first-order valence-electron chi connectivity index (χ1n) is 4.00. The summed E-state index contributed by atoms with van der Waals surface area (Å²) < 4.78 is 0. The van der Waals surface area contributed by atoms with E-state index in [-0.39, 0.29) is 11.9 Å². The van der Waals surface area contributed by atoms with E-state index in [1.165, 1.54) is 0 Å². The molecule has 0 aromatic rings. The quantitative estimate of drug-likeness (QED) is 0.454. The zero-order valence-electron chi connectivity index (χ0n) is 7.52. The van der Waals surface area contributed by atoms with Crippen molar-refractivity contribution in [3.63, 3.8) is 0 Å². The molecule has 0 spiro atoms. The van der Waals surface area contributed by atoms with Crippen LogP contribution in [0.4, 0.5) is 0 Å². The molecule has 1 aliphatic rings. The van der Waals surface area contributed by atoms with Crippen LogP contribution < -0.4 is 5.73 Å². The molecule has 0 aromatic carbocycles. The summed E-state index contributed by atoms with van der Waals surface area (Å²) in [4.78, 5) is 2.22. The number of nitrogens with one attached hydrogen (secondary N) is 1. The van der Waals surface area contributed by atoms with Crippen molar-refractivity contribution in [1.82, 2.24) is 4.90 Å². The molecule has 1 aliphatic heterocycles. The molecule has 1 atom stereocenters. The van der Waals surface area contributed by atoms with Gasteiger partial charge in [0.15, 0.2) is 0 Å². The minimum absolute atomic E-state index is 0.128. The summed E-state index contributed by atoms with van der Waals surface area (Å²) >= 11 is 0. The van der Waals surface area contributed by atoms with Gasteiger partial charge in [-0.15, -0.1) is 0 Å². The van der Waals surface area contributed by atoms with Crippen LogP contribution in [-0.4, -0.2) is 29.9 Å². The van der Waals surface area contributed by atoms with E-state index in [0.29, 0.717) is 5.41 Å². The topological polar surface area (TPSA) is 53.1 Å². The molecule has 1 rings (SSSR count). The first-order chi connectivity index (χ1) is 4.92. The Morgan fingerprint density at radius 3 is 2.27 bits per heavy atom. The average Bonchev–Trinajstić information content (AvgIpc) is 1.80. The lowest BCUT2D eigenvalue weighted by atomic mass is 9.83. The molecule has 1 saturated heterocycles. The highest BCUT2D eigenvalue weighted by Gasteiger charge is 2.37. The van der Waals surface area contributed by atoms with Gasteiger partial charge in [0.05, 0.1) is 6.04 Å². The second-order valence-corrected chi connectivity index (χ2v) is 4.20. The Kier molecular flexibility index (Phi) is 1.92. The minimum Gasteiger partial charge on any atom is -0.386 e. The molecule has 3 nitrogen and oxygen atoms in total. The maximum atomic E-state index is 7.23. The van der Waals surface area contributed by atoms with Gasteiger partial charge < -0.3 is 5.73 Å². The Bertz CT molecular complexity index is 166. The Hall–Kier alpha value is -0.570. The van der Waals surface area contributed by atoms with Crippen molar-refractivity contribution in [3.8, 4) is 0 Å². The fraction of sp³-hybridized carbons (Fsp3) is 0.875. The fourth-order valence-corrected chi connectivity index (χ4v) is 1.52. The van der Waals surface area contributed by atoms with E-state index in [9.17, 15) is 0 Å². The Morgan fingerprint density at radius 1 is 1.55 bits per heavy atom. The molecule has 3 N–H and O–H groups in total. The smallest absolute Gasteiger partial charge is 0.108 e. The van der Waals surface area contributed by atoms with Crippen LogP contribution in [0.25, 0.3) is 0 Å². The lowest BCUT2D eigenvalue weighted by molar-refractivity contribution is 0.0193. The maximum absolute atomic E-state index is 7.23. The van der Waals surface area contributed by atoms with E-state index in [1.807, 2.05) is 6.92 Å². The van der Waals surface area contributed by atoms with E-state index in [4.69, 9.17) is 11.1 Å². The summed E-state index contributed by atoms with van der Waals surface area (Å²) in [6.07, 6.45) is 0. The zero-order chi connectivity index (χ0) is 8.65. The van der Waals surface area contributed by atoms with Gasteiger partial charge >= 0.3 is 0 Å². The lowest BCUT2D eigenvalue weighted by Crippen LogP contribution is -2.59. The van der Waals surface area contributed by atoms with E-state index in [0.717, 1.165) is 13.1 Å². The molecule has 11 heavy (non-hydrogen) atoms. The summed E-state index contributed by atoms with van der Waals surface area (Å²) in [5.74, 6) is 0.278. The summed E-state index contributed by atoms with van der Waals surface area (Å²) in [5.41, 5.74) is 5.81. The van der Waals surface area contributed by atoms with Crippen LogP contribution in [0.1, 0.15) is 20.8 Å². The van der Waals surface area contributed by atoms with E-state index >= 15 is 0 Å². The highest BCUT2D eigenvalue weighted by atomic mass is 15.2. The molecule has 1 unspecified atom stereocenters. The largest absolute Gasteiger partial charge is 0.386 e. The third-order valence-electron chi connectivity index (χ3n) is 2.26. The number of hydrogen-bond donors (Lipinski definition) is 2. The number of likely N-dealkylation sites (tertiary alicyclic amines) is 1. The first-order valence-corrected chi connectivity index (χ1v) is 4.00. The SMILES string of the molecule is CC(C(=N)N)N1CC(C)(C)C1. The fourth-order valence-electron chi connectivity index (χ4n) is 1.52. The van der Waals surface area contributed by atoms with E-state index in [2.05, 4.69) is 18.7 Å². The predicted molar refractivity (Wildman–Crippen MR) is 46.7 cm³/mol. The molecule has 0 saturated carbocycles. The van der Waals surface area contributed by atoms with Crippen molar-refractivity contribution in [2.24, 2.45) is 11.1 Å². The molecule has 1 heterocycles. The summed E-state index contributed by atoms with van der Waals surface area (Å²) in [6, 6.07) is 0.128. The first kappa shape index (κ1) is 8.53. The van der Waals surface area contributed by atoms with Crippen LogP contribution >= 0.6 is 0 Å². The van der Waals surface area contributed by atoms with Crippen LogP contribution in [0, 0.1) is 10.8 Å². The average molecular weight is 155 g/mol. The molecule has 3 heteroatoms. The van der Waals surface area contributed by atoms with Gasteiger partial charge in [-0.3, -0.25) is 10.3 Å². The van der Waals surface area contributed by atoms with Crippen molar-refractivity contribution < 1.29 is 0 Å². The Balaban J connectivity index is 2.38. The molecule has 64 valence electrons. The van der Waals surface area contributed by atoms with Gasteiger partial charge in [-0.2, -0.15) is 0 Å². The van der Waals surface area contributed by atoms with Crippen molar-refractivity contribution in [2.45, 2.75) is 26.8 Å². The van der Waals surface area contributed by atoms with Gasteiger partial charge in [-0.05, 0) is 12.3 Å². The summed E-state index contributed by atoms with van der Waals surface area (Å²) in [6.45, 7) is 8.58. The highest BCUT2D eigenvalue weighted by Crippen LogP contribution is 2.29. The van der Waals surface area contributed by atoms with Crippen molar-refractivity contribution in [3.05, 3.63) is 0 Å². The third kappa shape index (κ3) is 1.71. The van der Waals surface area contributed by atoms with Crippen LogP contribution in [-0.2, 0) is 0 Å². The molecule has 0 amide bonds. The molecule has 0 aromatic heterocycles. The summed E-state index contributed by atoms with van der Waals surface area (Å²) in [5, 5.41) is 7.23. The lowest BCUT2D eigenvalue weighted by Gasteiger charge is -2.48. The van der Waals surface area contributed by atoms with Crippen molar-refractivity contribution in [1.29, 1.82) is 5.41 Å². The van der Waals surface area contributed by atoms with Crippen LogP contribution in [0.3, 0.4) is 0 Å². The number of nitrogens with zero attached hydrogens (tertiary/aromatic N) is 1. The van der Waals surface area contributed by atoms with Crippen molar-refractivity contribution >= 4 is 5.84 Å². The van der Waals surface area contributed by atoms with Gasteiger partial charge in [0.25, 0.3) is 0 Å². The molecule has 0 radical (unpaired) electrons. The van der Waals surface area contributed by atoms with Crippen LogP contribution in [0.5, 0.6) is 0 Å². The molecular formula is C8H17N3. The second-order valence-electron chi connectivity index (χ2n) is 4.20. The summed E-state index contributed by atoms with van der Waals surface area (Å²) in [7, 11) is 0. The minimum atomic E-state index is 0.128. The second kappa shape index (κ2) is 2.48. The van der Waals surface area contributed by atoms with Gasteiger partial charge in [-0.1, -0.05) is 13.8 Å². The maximum Gasteiger partial charge on any atom is 0.108 e. The molecule has 0 aliphatic carbocycles. The third-order valence-corrected chi connectivity index (χ3v) is 2.26. The van der Waals surface area contributed by atoms with Gasteiger partial charge in [0.2, 0.25) is 0 Å². The van der Waals surface area contributed by atoms with E-state index in [1.54, 1.807) is 0 Å². The van der Waals surface area contributed by atoms with Crippen LogP contribution in [0.15, 0.2) is 0 Å². The van der Waals surface area contributed by atoms with Gasteiger partial charge in [0.1, 0.15) is 5.84 Å². The number of nitrogens with two attached hydrogens (primary N) is 1. The number of amidine groups is 1. The Morgan fingerprint density at radius 2 is 2.00 bits per heavy atom. The molecule has 1 fully saturated rings. The van der Waals surface area contributed by atoms with E-state index < -0.39 is 0 Å². The van der Waals surface area contributed by atoms with Gasteiger partial charge in [-0.25, -0.2) is 0 Å². The van der Waals surface area contributed by atoms with Crippen LogP contribution in [0.2, 0.25) is 0 Å². The van der Waals surface area contributed by atoms with Crippen molar-refractivity contribution in [2.75, 3.05) is 13.1 Å². The number of hydrogen-bond acceptors (Lipinski definition) is 2. The monoisotopic (exact) mass is 155 g/mol. The molecule has 0 bridgehead atoms. The normalized spacial score (nSPS) is 25.7. The highest BCUT2D eigenvalue weighted by molar-refractivity contribution is 5.82.